The van der Waals surface area contributed by atoms with E-state index in [9.17, 15) is 14.7 Å². The molecule has 2 aromatic rings. The second kappa shape index (κ2) is 5.52. The van der Waals surface area contributed by atoms with Crippen LogP contribution in [0.15, 0.2) is 42.5 Å². The Hall–Kier alpha value is -2.82. The van der Waals surface area contributed by atoms with Gasteiger partial charge in [-0.15, -0.1) is 0 Å². The SMILES string of the molecule is CC1Cc2ccc(C(=O)Nc3ccccc3)c(O)c2C(=O)O1. The van der Waals surface area contributed by atoms with Gasteiger partial charge in [-0.05, 0) is 30.7 Å². The zero-order valence-electron chi connectivity index (χ0n) is 12.0. The lowest BCUT2D eigenvalue weighted by Crippen LogP contribution is -2.26. The standard InChI is InChI=1S/C17H15NO4/c1-10-9-11-7-8-13(15(19)14(11)17(21)22-10)16(20)18-12-5-3-2-4-6-12/h2-8,10,19H,9H2,1H3,(H,18,20). The summed E-state index contributed by atoms with van der Waals surface area (Å²) in [4.78, 5) is 24.2. The van der Waals surface area contributed by atoms with Crippen LogP contribution in [0.1, 0.15) is 33.2 Å². The molecule has 5 heteroatoms. The maximum Gasteiger partial charge on any atom is 0.342 e. The molecule has 22 heavy (non-hydrogen) atoms. The molecule has 0 saturated carbocycles. The van der Waals surface area contributed by atoms with Gasteiger partial charge in [0.2, 0.25) is 0 Å². The summed E-state index contributed by atoms with van der Waals surface area (Å²) in [6.07, 6.45) is 0.290. The van der Waals surface area contributed by atoms with E-state index >= 15 is 0 Å². The highest BCUT2D eigenvalue weighted by atomic mass is 16.5. The number of phenols is 1. The Bertz CT molecular complexity index is 740. The average molecular weight is 297 g/mol. The fourth-order valence-corrected chi connectivity index (χ4v) is 2.53. The van der Waals surface area contributed by atoms with Gasteiger partial charge in [0.25, 0.3) is 5.91 Å². The number of phenolic OH excluding ortho intramolecular Hbond substituents is 1. The van der Waals surface area contributed by atoms with Crippen molar-refractivity contribution in [3.05, 3.63) is 59.2 Å². The van der Waals surface area contributed by atoms with Crippen molar-refractivity contribution in [3.63, 3.8) is 0 Å². The molecule has 0 aromatic heterocycles. The monoisotopic (exact) mass is 297 g/mol. The van der Waals surface area contributed by atoms with Crippen LogP contribution in [-0.4, -0.2) is 23.1 Å². The first kappa shape index (κ1) is 14.1. The van der Waals surface area contributed by atoms with E-state index in [1.165, 1.54) is 6.07 Å². The third kappa shape index (κ3) is 2.53. The molecule has 0 aliphatic carbocycles. The number of cyclic esters (lactones) is 1. The van der Waals surface area contributed by atoms with Crippen LogP contribution >= 0.6 is 0 Å². The fraction of sp³-hybridized carbons (Fsp3) is 0.176. The molecule has 1 aliphatic rings. The van der Waals surface area contributed by atoms with Crippen LogP contribution in [-0.2, 0) is 11.2 Å². The summed E-state index contributed by atoms with van der Waals surface area (Å²) >= 11 is 0. The van der Waals surface area contributed by atoms with E-state index in [2.05, 4.69) is 5.32 Å². The Labute approximate surface area is 127 Å². The molecule has 112 valence electrons. The van der Waals surface area contributed by atoms with Gasteiger partial charge in [-0.25, -0.2) is 4.79 Å². The molecular weight excluding hydrogens is 282 g/mol. The van der Waals surface area contributed by atoms with Crippen LogP contribution < -0.4 is 5.32 Å². The minimum Gasteiger partial charge on any atom is -0.506 e. The van der Waals surface area contributed by atoms with Crippen molar-refractivity contribution >= 4 is 17.6 Å². The first-order chi connectivity index (χ1) is 10.6. The first-order valence-corrected chi connectivity index (χ1v) is 6.98. The van der Waals surface area contributed by atoms with E-state index in [1.807, 2.05) is 6.07 Å². The number of nitrogens with one attached hydrogen (secondary N) is 1. The molecule has 1 heterocycles. The molecular formula is C17H15NO4. The van der Waals surface area contributed by atoms with Gasteiger partial charge in [-0.2, -0.15) is 0 Å². The van der Waals surface area contributed by atoms with Crippen molar-refractivity contribution in [2.75, 3.05) is 5.32 Å². The summed E-state index contributed by atoms with van der Waals surface area (Å²) in [6, 6.07) is 12.1. The van der Waals surface area contributed by atoms with Crippen LogP contribution in [0, 0.1) is 0 Å². The van der Waals surface area contributed by atoms with E-state index in [-0.39, 0.29) is 23.0 Å². The minimum atomic E-state index is -0.597. The van der Waals surface area contributed by atoms with Gasteiger partial charge in [0, 0.05) is 12.1 Å². The van der Waals surface area contributed by atoms with Crippen LogP contribution in [0.2, 0.25) is 0 Å². The molecule has 1 amide bonds. The minimum absolute atomic E-state index is 0.0501. The maximum absolute atomic E-state index is 12.3. The Morgan fingerprint density at radius 2 is 1.95 bits per heavy atom. The first-order valence-electron chi connectivity index (χ1n) is 6.98. The van der Waals surface area contributed by atoms with Gasteiger partial charge >= 0.3 is 5.97 Å². The number of carbonyl (C=O) groups excluding carboxylic acids is 2. The van der Waals surface area contributed by atoms with E-state index in [0.29, 0.717) is 17.7 Å². The number of amides is 1. The van der Waals surface area contributed by atoms with Crippen molar-refractivity contribution in [3.8, 4) is 5.75 Å². The van der Waals surface area contributed by atoms with E-state index in [0.717, 1.165) is 0 Å². The number of carbonyl (C=O) groups is 2. The van der Waals surface area contributed by atoms with E-state index < -0.39 is 11.9 Å². The summed E-state index contributed by atoms with van der Waals surface area (Å²) in [5.41, 5.74) is 1.44. The molecule has 0 radical (unpaired) electrons. The van der Waals surface area contributed by atoms with Crippen molar-refractivity contribution in [1.82, 2.24) is 0 Å². The quantitative estimate of drug-likeness (QED) is 0.836. The lowest BCUT2D eigenvalue weighted by atomic mass is 9.95. The molecule has 0 saturated heterocycles. The van der Waals surface area contributed by atoms with Crippen LogP contribution in [0.4, 0.5) is 5.69 Å². The number of esters is 1. The predicted molar refractivity (Wildman–Crippen MR) is 81.1 cm³/mol. The summed E-state index contributed by atoms with van der Waals surface area (Å²) in [5, 5.41) is 13.0. The summed E-state index contributed by atoms with van der Waals surface area (Å²) in [5.74, 6) is -1.40. The van der Waals surface area contributed by atoms with Crippen LogP contribution in [0.5, 0.6) is 5.75 Å². The molecule has 1 atom stereocenters. The molecule has 2 aromatic carbocycles. The van der Waals surface area contributed by atoms with E-state index in [4.69, 9.17) is 4.74 Å². The van der Waals surface area contributed by atoms with Crippen LogP contribution in [0.25, 0.3) is 0 Å². The molecule has 0 spiro atoms. The number of anilines is 1. The molecule has 0 fully saturated rings. The molecule has 1 unspecified atom stereocenters. The summed E-state index contributed by atoms with van der Waals surface area (Å²) in [6.45, 7) is 1.79. The summed E-state index contributed by atoms with van der Waals surface area (Å²) < 4.78 is 5.12. The highest BCUT2D eigenvalue weighted by molar-refractivity contribution is 6.09. The molecule has 0 bridgehead atoms. The normalized spacial score (nSPS) is 16.6. The lowest BCUT2D eigenvalue weighted by molar-refractivity contribution is 0.0297. The maximum atomic E-state index is 12.3. The highest BCUT2D eigenvalue weighted by Gasteiger charge is 2.29. The van der Waals surface area contributed by atoms with Gasteiger partial charge in [0.15, 0.2) is 0 Å². The Balaban J connectivity index is 1.94. The largest absolute Gasteiger partial charge is 0.506 e. The van der Waals surface area contributed by atoms with Crippen LogP contribution in [0.3, 0.4) is 0 Å². The number of para-hydroxylation sites is 1. The number of hydrogen-bond acceptors (Lipinski definition) is 4. The molecule has 1 aliphatic heterocycles. The van der Waals surface area contributed by atoms with Gasteiger partial charge in [0.05, 0.1) is 5.56 Å². The van der Waals surface area contributed by atoms with Gasteiger partial charge in [-0.3, -0.25) is 4.79 Å². The molecule has 2 N–H and O–H groups in total. The zero-order valence-corrected chi connectivity index (χ0v) is 12.0. The Kier molecular flexibility index (Phi) is 3.55. The van der Waals surface area contributed by atoms with E-state index in [1.54, 1.807) is 37.3 Å². The lowest BCUT2D eigenvalue weighted by Gasteiger charge is -2.23. The van der Waals surface area contributed by atoms with Gasteiger partial charge in [0.1, 0.15) is 17.4 Å². The number of ether oxygens (including phenoxy) is 1. The predicted octanol–water partition coefficient (Wildman–Crippen LogP) is 2.75. The number of rotatable bonds is 2. The summed E-state index contributed by atoms with van der Waals surface area (Å²) in [7, 11) is 0. The highest BCUT2D eigenvalue weighted by Crippen LogP contribution is 2.32. The average Bonchev–Trinajstić information content (AvgIpc) is 2.47. The smallest absolute Gasteiger partial charge is 0.342 e. The third-order valence-electron chi connectivity index (χ3n) is 3.56. The number of benzene rings is 2. The topological polar surface area (TPSA) is 75.6 Å². The number of fused-ring (bicyclic) bond motifs is 1. The van der Waals surface area contributed by atoms with Crippen molar-refractivity contribution < 1.29 is 19.4 Å². The Morgan fingerprint density at radius 3 is 2.68 bits per heavy atom. The number of aromatic hydroxyl groups is 1. The van der Waals surface area contributed by atoms with Crippen molar-refractivity contribution in [1.29, 1.82) is 0 Å². The number of hydrogen-bond donors (Lipinski definition) is 2. The van der Waals surface area contributed by atoms with Crippen molar-refractivity contribution in [2.24, 2.45) is 0 Å². The second-order valence-electron chi connectivity index (χ2n) is 5.24. The van der Waals surface area contributed by atoms with Crippen molar-refractivity contribution in [2.45, 2.75) is 19.4 Å². The third-order valence-corrected chi connectivity index (χ3v) is 3.56. The van der Waals surface area contributed by atoms with Gasteiger partial charge < -0.3 is 15.2 Å². The zero-order chi connectivity index (χ0) is 15.7. The molecule has 5 nitrogen and oxygen atoms in total. The second-order valence-corrected chi connectivity index (χ2v) is 5.24. The Morgan fingerprint density at radius 1 is 1.23 bits per heavy atom. The van der Waals surface area contributed by atoms with Gasteiger partial charge in [-0.1, -0.05) is 24.3 Å². The molecule has 3 rings (SSSR count). The fourth-order valence-electron chi connectivity index (χ4n) is 2.53.